The zero-order chi connectivity index (χ0) is 17.9. The lowest BCUT2D eigenvalue weighted by Gasteiger charge is -2.25. The van der Waals surface area contributed by atoms with E-state index in [2.05, 4.69) is 0 Å². The summed E-state index contributed by atoms with van der Waals surface area (Å²) in [4.78, 5) is 22.9. The fourth-order valence-corrected chi connectivity index (χ4v) is 2.71. The minimum atomic E-state index is -1.24. The summed E-state index contributed by atoms with van der Waals surface area (Å²) in [6.45, 7) is 4.61. The van der Waals surface area contributed by atoms with Crippen molar-refractivity contribution < 1.29 is 19.8 Å². The van der Waals surface area contributed by atoms with E-state index in [1.165, 1.54) is 6.92 Å². The molecule has 126 valence electrons. The molecule has 2 rings (SSSR count). The molecule has 0 aliphatic rings. The predicted molar refractivity (Wildman–Crippen MR) is 92.1 cm³/mol. The van der Waals surface area contributed by atoms with Crippen molar-refractivity contribution in [2.45, 2.75) is 38.4 Å². The van der Waals surface area contributed by atoms with Gasteiger partial charge in [0, 0.05) is 5.56 Å². The van der Waals surface area contributed by atoms with Gasteiger partial charge < -0.3 is 10.2 Å². The molecule has 2 aromatic carbocycles. The molecule has 4 nitrogen and oxygen atoms in total. The lowest BCUT2D eigenvalue weighted by atomic mass is 9.86. The van der Waals surface area contributed by atoms with E-state index in [0.29, 0.717) is 11.1 Å². The zero-order valence-corrected chi connectivity index (χ0v) is 14.1. The third kappa shape index (κ3) is 3.96. The zero-order valence-electron chi connectivity index (χ0n) is 14.1. The summed E-state index contributed by atoms with van der Waals surface area (Å²) >= 11 is 0. The van der Waals surface area contributed by atoms with Gasteiger partial charge in [0.25, 0.3) is 0 Å². The highest BCUT2D eigenvalue weighted by Gasteiger charge is 2.26. The molecule has 0 heterocycles. The molecule has 0 saturated heterocycles. The van der Waals surface area contributed by atoms with Gasteiger partial charge in [0.15, 0.2) is 0 Å². The second-order valence-electron chi connectivity index (χ2n) is 6.55. The average Bonchev–Trinajstić information content (AvgIpc) is 2.54. The van der Waals surface area contributed by atoms with Gasteiger partial charge in [0.05, 0.1) is 11.5 Å². The van der Waals surface area contributed by atoms with Gasteiger partial charge >= 0.3 is 0 Å². The van der Waals surface area contributed by atoms with Crippen molar-refractivity contribution in [1.29, 1.82) is 0 Å². The molecule has 24 heavy (non-hydrogen) atoms. The molecule has 0 bridgehead atoms. The van der Waals surface area contributed by atoms with Crippen LogP contribution < -0.4 is 0 Å². The first kappa shape index (κ1) is 18.0. The van der Waals surface area contributed by atoms with Crippen LogP contribution in [0.1, 0.15) is 59.8 Å². The van der Waals surface area contributed by atoms with Gasteiger partial charge in [0.1, 0.15) is 18.2 Å². The fraction of sp³-hybridized carbons (Fsp3) is 0.300. The number of hydrogen-bond donors (Lipinski definition) is 2. The summed E-state index contributed by atoms with van der Waals surface area (Å²) < 4.78 is 0. The number of rotatable bonds is 6. The van der Waals surface area contributed by atoms with Crippen molar-refractivity contribution in [3.8, 4) is 0 Å². The van der Waals surface area contributed by atoms with Crippen molar-refractivity contribution in [2.75, 3.05) is 0 Å². The summed E-state index contributed by atoms with van der Waals surface area (Å²) in [7, 11) is 0. The molecule has 2 unspecified atom stereocenters. The van der Waals surface area contributed by atoms with E-state index in [9.17, 15) is 19.8 Å². The second-order valence-corrected chi connectivity index (χ2v) is 6.55. The number of ketones is 1. The number of carbonyl (C=O) groups excluding carboxylic acids is 2. The van der Waals surface area contributed by atoms with E-state index in [4.69, 9.17) is 0 Å². The number of Topliss-reactive ketones (excluding diaryl/α,β-unsaturated/α-hetero) is 1. The molecule has 4 heteroatoms. The maximum Gasteiger partial charge on any atom is 0.150 e. The lowest BCUT2D eigenvalue weighted by molar-refractivity contribution is -0.117. The Morgan fingerprint density at radius 1 is 0.958 bits per heavy atom. The summed E-state index contributed by atoms with van der Waals surface area (Å²) in [5, 5.41) is 20.0. The first-order chi connectivity index (χ1) is 11.2. The van der Waals surface area contributed by atoms with Crippen molar-refractivity contribution in [3.05, 3.63) is 70.8 Å². The Hall–Kier alpha value is -2.30. The van der Waals surface area contributed by atoms with Crippen LogP contribution in [0.2, 0.25) is 0 Å². The predicted octanol–water partition coefficient (Wildman–Crippen LogP) is 3.02. The maximum absolute atomic E-state index is 12.1. The quantitative estimate of drug-likeness (QED) is 0.800. The Labute approximate surface area is 141 Å². The fourth-order valence-electron chi connectivity index (χ4n) is 2.71. The number of benzene rings is 2. The summed E-state index contributed by atoms with van der Waals surface area (Å²) in [5.41, 5.74) is 1.51. The molecule has 2 N–H and O–H groups in total. The molecular weight excluding hydrogens is 304 g/mol. The first-order valence-corrected chi connectivity index (χ1v) is 7.80. The van der Waals surface area contributed by atoms with Gasteiger partial charge in [-0.25, -0.2) is 0 Å². The average molecular weight is 326 g/mol. The number of aliphatic hydroxyl groups excluding tert-OH is 1. The van der Waals surface area contributed by atoms with E-state index in [1.54, 1.807) is 62.4 Å². The molecule has 0 saturated carbocycles. The first-order valence-electron chi connectivity index (χ1n) is 7.80. The largest absolute Gasteiger partial charge is 0.387 e. The SMILES string of the molecule is CC(=O)C(c1ccc(C=O)cc1)c1ccc(C(O)C(C)(C)O)cc1. The summed E-state index contributed by atoms with van der Waals surface area (Å²) in [6, 6.07) is 13.9. The molecule has 0 fully saturated rings. The highest BCUT2D eigenvalue weighted by molar-refractivity contribution is 5.87. The molecule has 0 radical (unpaired) electrons. The Morgan fingerprint density at radius 3 is 1.75 bits per heavy atom. The van der Waals surface area contributed by atoms with Crippen LogP contribution in [0.15, 0.2) is 48.5 Å². The molecule has 2 atom stereocenters. The van der Waals surface area contributed by atoms with Gasteiger partial charge in [-0.3, -0.25) is 9.59 Å². The standard InChI is InChI=1S/C20H22O4/c1-13(22)18(15-6-4-14(12-21)5-7-15)16-8-10-17(11-9-16)19(23)20(2,3)24/h4-12,18-19,23-24H,1-3H3. The number of aliphatic hydroxyl groups is 2. The van der Waals surface area contributed by atoms with Gasteiger partial charge in [-0.05, 0) is 37.5 Å². The van der Waals surface area contributed by atoms with Gasteiger partial charge in [-0.15, -0.1) is 0 Å². The number of carbonyl (C=O) groups is 2. The molecule has 0 aromatic heterocycles. The smallest absolute Gasteiger partial charge is 0.150 e. The lowest BCUT2D eigenvalue weighted by Crippen LogP contribution is -2.28. The highest BCUT2D eigenvalue weighted by Crippen LogP contribution is 2.29. The van der Waals surface area contributed by atoms with E-state index in [1.807, 2.05) is 0 Å². The minimum absolute atomic E-state index is 0.00959. The molecular formula is C20H22O4. The Bertz CT molecular complexity index is 709. The van der Waals surface area contributed by atoms with Gasteiger partial charge in [0.2, 0.25) is 0 Å². The highest BCUT2D eigenvalue weighted by atomic mass is 16.3. The van der Waals surface area contributed by atoms with Crippen molar-refractivity contribution >= 4 is 12.1 Å². The van der Waals surface area contributed by atoms with Crippen LogP contribution >= 0.6 is 0 Å². The van der Waals surface area contributed by atoms with Crippen molar-refractivity contribution in [3.63, 3.8) is 0 Å². The second kappa shape index (κ2) is 7.07. The van der Waals surface area contributed by atoms with Crippen LogP contribution in [0.5, 0.6) is 0 Å². The minimum Gasteiger partial charge on any atom is -0.387 e. The Balaban J connectivity index is 2.35. The molecule has 0 aliphatic heterocycles. The monoisotopic (exact) mass is 326 g/mol. The van der Waals surface area contributed by atoms with Crippen LogP contribution in [-0.4, -0.2) is 27.9 Å². The van der Waals surface area contributed by atoms with Crippen molar-refractivity contribution in [1.82, 2.24) is 0 Å². The van der Waals surface area contributed by atoms with Gasteiger partial charge in [-0.1, -0.05) is 48.5 Å². The van der Waals surface area contributed by atoms with Crippen LogP contribution in [0.3, 0.4) is 0 Å². The number of hydrogen-bond acceptors (Lipinski definition) is 4. The Morgan fingerprint density at radius 2 is 1.38 bits per heavy atom. The van der Waals surface area contributed by atoms with E-state index in [0.717, 1.165) is 17.4 Å². The summed E-state index contributed by atoms with van der Waals surface area (Å²) in [6.07, 6.45) is -0.242. The topological polar surface area (TPSA) is 74.6 Å². The Kier molecular flexibility index (Phi) is 5.32. The molecule has 2 aromatic rings. The molecule has 0 amide bonds. The van der Waals surface area contributed by atoms with E-state index in [-0.39, 0.29) is 5.78 Å². The van der Waals surface area contributed by atoms with Crippen molar-refractivity contribution in [2.24, 2.45) is 0 Å². The van der Waals surface area contributed by atoms with E-state index < -0.39 is 17.6 Å². The third-order valence-corrected chi connectivity index (χ3v) is 4.07. The van der Waals surface area contributed by atoms with E-state index >= 15 is 0 Å². The van der Waals surface area contributed by atoms with Crippen LogP contribution in [-0.2, 0) is 4.79 Å². The maximum atomic E-state index is 12.1. The number of aldehydes is 1. The van der Waals surface area contributed by atoms with Gasteiger partial charge in [-0.2, -0.15) is 0 Å². The van der Waals surface area contributed by atoms with Crippen LogP contribution in [0, 0.1) is 0 Å². The van der Waals surface area contributed by atoms with Crippen LogP contribution in [0.25, 0.3) is 0 Å². The normalized spacial score (nSPS) is 14.0. The third-order valence-electron chi connectivity index (χ3n) is 4.07. The molecule has 0 spiro atoms. The molecule has 0 aliphatic carbocycles. The summed E-state index contributed by atoms with van der Waals surface area (Å²) in [5.74, 6) is -0.441. The van der Waals surface area contributed by atoms with Crippen LogP contribution in [0.4, 0.5) is 0 Å².